The third kappa shape index (κ3) is 3.71. The van der Waals surface area contributed by atoms with Gasteiger partial charge in [0, 0.05) is 24.0 Å². The molecule has 10 heteroatoms. The Bertz CT molecular complexity index is 1380. The molecule has 1 N–H and O–H groups in total. The van der Waals surface area contributed by atoms with Crippen LogP contribution in [-0.4, -0.2) is 44.9 Å². The number of amides is 1. The highest BCUT2D eigenvalue weighted by molar-refractivity contribution is 5.96. The van der Waals surface area contributed by atoms with Crippen LogP contribution in [0.5, 0.6) is 11.5 Å². The number of benzene rings is 1. The van der Waals surface area contributed by atoms with Crippen molar-refractivity contribution in [2.75, 3.05) is 18.3 Å². The van der Waals surface area contributed by atoms with Crippen LogP contribution in [0.2, 0.25) is 0 Å². The van der Waals surface area contributed by atoms with Crippen LogP contribution in [-0.2, 0) is 0 Å². The lowest BCUT2D eigenvalue weighted by Crippen LogP contribution is -2.57. The van der Waals surface area contributed by atoms with Gasteiger partial charge in [-0.1, -0.05) is 19.1 Å². The standard InChI is InChI=1S/C25H22F2N4O4/c1-2-15-6-5-13-35-24-16(8-9-17(26)20(24)27)21(18-7-3-4-11-28-18)31-14-29(15)25(34)22-23(33)19(32)10-12-30(22)31/h3-12,15,21,33H,2,13-14H2,1H3/b6-5-/t15-,21-/m1/s1. The van der Waals surface area contributed by atoms with Crippen LogP contribution in [0.25, 0.3) is 0 Å². The summed E-state index contributed by atoms with van der Waals surface area (Å²) in [5, 5.41) is 12.3. The first-order valence-corrected chi connectivity index (χ1v) is 11.1. The van der Waals surface area contributed by atoms with Crippen LogP contribution in [0.1, 0.15) is 41.1 Å². The zero-order valence-corrected chi connectivity index (χ0v) is 18.8. The van der Waals surface area contributed by atoms with Gasteiger partial charge in [-0.2, -0.15) is 4.39 Å². The van der Waals surface area contributed by atoms with Crippen LogP contribution < -0.4 is 15.2 Å². The highest BCUT2D eigenvalue weighted by Gasteiger charge is 2.40. The maximum absolute atomic E-state index is 15.0. The lowest BCUT2D eigenvalue weighted by Gasteiger charge is -2.45. The van der Waals surface area contributed by atoms with Gasteiger partial charge in [0.05, 0.1) is 11.7 Å². The zero-order valence-electron chi connectivity index (χ0n) is 18.8. The molecule has 0 aliphatic carbocycles. The second kappa shape index (κ2) is 8.86. The number of ether oxygens (including phenoxy) is 1. The van der Waals surface area contributed by atoms with E-state index in [1.807, 2.05) is 6.92 Å². The third-order valence-corrected chi connectivity index (χ3v) is 6.23. The average Bonchev–Trinajstić information content (AvgIpc) is 2.89. The predicted molar refractivity (Wildman–Crippen MR) is 123 cm³/mol. The van der Waals surface area contributed by atoms with Crippen LogP contribution in [0, 0.1) is 11.6 Å². The van der Waals surface area contributed by atoms with Gasteiger partial charge in [0.15, 0.2) is 23.0 Å². The van der Waals surface area contributed by atoms with Crippen molar-refractivity contribution in [1.29, 1.82) is 0 Å². The molecule has 3 aromatic rings. The molecular formula is C25H22F2N4O4. The first-order valence-electron chi connectivity index (χ1n) is 11.1. The summed E-state index contributed by atoms with van der Waals surface area (Å²) in [5.41, 5.74) is -0.196. The molecule has 0 saturated carbocycles. The zero-order chi connectivity index (χ0) is 24.7. The van der Waals surface area contributed by atoms with Gasteiger partial charge >= 0.3 is 0 Å². The minimum atomic E-state index is -1.14. The second-order valence-electron chi connectivity index (χ2n) is 8.23. The Morgan fingerprint density at radius 1 is 1.17 bits per heavy atom. The largest absolute Gasteiger partial charge is 0.502 e. The number of aromatic hydroxyl groups is 1. The number of rotatable bonds is 2. The Hall–Kier alpha value is -4.21. The van der Waals surface area contributed by atoms with Gasteiger partial charge in [0.25, 0.3) is 5.91 Å². The number of hydrogen-bond donors (Lipinski definition) is 1. The van der Waals surface area contributed by atoms with E-state index >= 15 is 4.39 Å². The van der Waals surface area contributed by atoms with Crippen molar-refractivity contribution in [3.63, 3.8) is 0 Å². The molecule has 2 atom stereocenters. The van der Waals surface area contributed by atoms with E-state index in [4.69, 9.17) is 4.74 Å². The van der Waals surface area contributed by atoms with E-state index in [2.05, 4.69) is 4.98 Å². The highest BCUT2D eigenvalue weighted by atomic mass is 19.2. The van der Waals surface area contributed by atoms with E-state index < -0.39 is 40.8 Å². The molecule has 0 unspecified atom stereocenters. The van der Waals surface area contributed by atoms with Crippen molar-refractivity contribution >= 4 is 5.91 Å². The highest BCUT2D eigenvalue weighted by Crippen LogP contribution is 2.38. The van der Waals surface area contributed by atoms with Gasteiger partial charge in [-0.25, -0.2) is 4.39 Å². The lowest BCUT2D eigenvalue weighted by molar-refractivity contribution is 0.0625. The number of hydrogen-bond acceptors (Lipinski definition) is 6. The van der Waals surface area contributed by atoms with Gasteiger partial charge in [-0.05, 0) is 36.8 Å². The number of fused-ring (bicyclic) bond motifs is 5. The molecule has 1 aromatic carbocycles. The fraction of sp³-hybridized carbons (Fsp3) is 0.240. The van der Waals surface area contributed by atoms with Crippen molar-refractivity contribution in [3.05, 3.63) is 99.8 Å². The summed E-state index contributed by atoms with van der Waals surface area (Å²) >= 11 is 0. The predicted octanol–water partition coefficient (Wildman–Crippen LogP) is 3.10. The molecule has 0 fully saturated rings. The Morgan fingerprint density at radius 3 is 2.74 bits per heavy atom. The number of nitrogens with zero attached hydrogens (tertiary/aromatic N) is 4. The molecule has 35 heavy (non-hydrogen) atoms. The maximum Gasteiger partial charge on any atom is 0.278 e. The summed E-state index contributed by atoms with van der Waals surface area (Å²) in [7, 11) is 0. The van der Waals surface area contributed by atoms with E-state index in [9.17, 15) is 19.1 Å². The molecule has 0 saturated heterocycles. The van der Waals surface area contributed by atoms with Crippen molar-refractivity contribution in [2.45, 2.75) is 25.4 Å². The molecule has 5 rings (SSSR count). The lowest BCUT2D eigenvalue weighted by atomic mass is 10.00. The minimum Gasteiger partial charge on any atom is -0.502 e. The summed E-state index contributed by atoms with van der Waals surface area (Å²) in [5.74, 6) is -3.71. The van der Waals surface area contributed by atoms with Crippen LogP contribution in [0.15, 0.2) is 65.7 Å². The summed E-state index contributed by atoms with van der Waals surface area (Å²) in [6, 6.07) is 7.47. The van der Waals surface area contributed by atoms with Crippen LogP contribution in [0.4, 0.5) is 8.78 Å². The Labute approximate surface area is 199 Å². The SMILES string of the molecule is CC[C@@H]1/C=C\COc2c(ccc(F)c2F)[C@H](c2ccccn2)N2CN1C(=O)c1c(O)c(=O)ccn12. The fourth-order valence-corrected chi connectivity index (χ4v) is 4.54. The first-order chi connectivity index (χ1) is 16.9. The molecule has 2 aliphatic rings. The van der Waals surface area contributed by atoms with Crippen LogP contribution in [0.3, 0.4) is 0 Å². The molecular weight excluding hydrogens is 458 g/mol. The quantitative estimate of drug-likeness (QED) is 0.568. The number of halogens is 2. The first kappa shape index (κ1) is 22.6. The van der Waals surface area contributed by atoms with E-state index in [-0.39, 0.29) is 30.3 Å². The average molecular weight is 480 g/mol. The van der Waals surface area contributed by atoms with Gasteiger partial charge in [0.1, 0.15) is 19.3 Å². The second-order valence-corrected chi connectivity index (χ2v) is 8.23. The summed E-state index contributed by atoms with van der Waals surface area (Å²) < 4.78 is 36.4. The molecule has 2 bridgehead atoms. The molecule has 4 heterocycles. The van der Waals surface area contributed by atoms with Gasteiger partial charge < -0.3 is 14.7 Å². The summed E-state index contributed by atoms with van der Waals surface area (Å²) in [6.07, 6.45) is 6.83. The number of aromatic nitrogens is 2. The monoisotopic (exact) mass is 480 g/mol. The van der Waals surface area contributed by atoms with Crippen molar-refractivity contribution in [3.8, 4) is 11.5 Å². The summed E-state index contributed by atoms with van der Waals surface area (Å²) in [6.45, 7) is 1.84. The minimum absolute atomic E-state index is 0.0106. The van der Waals surface area contributed by atoms with Gasteiger partial charge in [0.2, 0.25) is 11.2 Å². The number of carbonyl (C=O) groups excluding carboxylic acids is 1. The van der Waals surface area contributed by atoms with E-state index in [1.165, 1.54) is 21.8 Å². The molecule has 1 amide bonds. The smallest absolute Gasteiger partial charge is 0.278 e. The fourth-order valence-electron chi connectivity index (χ4n) is 4.54. The van der Waals surface area contributed by atoms with Crippen molar-refractivity contribution in [1.82, 2.24) is 14.6 Å². The molecule has 0 spiro atoms. The molecule has 2 aromatic heterocycles. The normalized spacial score (nSPS) is 20.4. The van der Waals surface area contributed by atoms with E-state index in [1.54, 1.807) is 41.6 Å². The van der Waals surface area contributed by atoms with Gasteiger partial charge in [-0.3, -0.25) is 24.3 Å². The Balaban J connectivity index is 1.84. The molecule has 0 radical (unpaired) electrons. The maximum atomic E-state index is 15.0. The number of carbonyl (C=O) groups is 1. The topological polar surface area (TPSA) is 87.9 Å². The molecule has 2 aliphatic heterocycles. The van der Waals surface area contributed by atoms with E-state index in [0.29, 0.717) is 12.1 Å². The Kier molecular flexibility index (Phi) is 5.72. The number of pyridine rings is 2. The molecule has 8 nitrogen and oxygen atoms in total. The van der Waals surface area contributed by atoms with Crippen molar-refractivity contribution in [2.24, 2.45) is 0 Å². The Morgan fingerprint density at radius 2 is 2.00 bits per heavy atom. The van der Waals surface area contributed by atoms with Crippen molar-refractivity contribution < 1.29 is 23.4 Å². The van der Waals surface area contributed by atoms with Crippen LogP contribution >= 0.6 is 0 Å². The summed E-state index contributed by atoms with van der Waals surface area (Å²) in [4.78, 5) is 31.7. The van der Waals surface area contributed by atoms with E-state index in [0.717, 1.165) is 12.1 Å². The third-order valence-electron chi connectivity index (χ3n) is 6.23. The molecule has 180 valence electrons. The van der Waals surface area contributed by atoms with Gasteiger partial charge in [-0.15, -0.1) is 0 Å².